The molecule has 1 saturated heterocycles. The fraction of sp³-hybridized carbons (Fsp3) is 0.600. The van der Waals surface area contributed by atoms with Gasteiger partial charge in [-0.2, -0.15) is 0 Å². The van der Waals surface area contributed by atoms with Gasteiger partial charge in [-0.1, -0.05) is 19.1 Å². The number of hydrogen-bond donors (Lipinski definition) is 2. The van der Waals surface area contributed by atoms with Crippen molar-refractivity contribution in [3.05, 3.63) is 29.8 Å². The van der Waals surface area contributed by atoms with E-state index in [1.165, 1.54) is 13.0 Å². The van der Waals surface area contributed by atoms with Crippen molar-refractivity contribution < 1.29 is 8.42 Å². The summed E-state index contributed by atoms with van der Waals surface area (Å²) in [4.78, 5) is 2.51. The molecule has 5 nitrogen and oxygen atoms in total. The van der Waals surface area contributed by atoms with Crippen LogP contribution in [0.4, 0.5) is 5.69 Å². The lowest BCUT2D eigenvalue weighted by Gasteiger charge is -2.32. The highest BCUT2D eigenvalue weighted by Crippen LogP contribution is 2.18. The van der Waals surface area contributed by atoms with E-state index in [1.807, 2.05) is 24.3 Å². The molecule has 0 spiro atoms. The van der Waals surface area contributed by atoms with Gasteiger partial charge >= 0.3 is 0 Å². The van der Waals surface area contributed by atoms with Crippen molar-refractivity contribution in [1.29, 1.82) is 0 Å². The number of rotatable bonds is 6. The van der Waals surface area contributed by atoms with Crippen LogP contribution < -0.4 is 10.5 Å². The van der Waals surface area contributed by atoms with Crippen LogP contribution in [0, 0.1) is 0 Å². The molecule has 21 heavy (non-hydrogen) atoms. The fourth-order valence-corrected chi connectivity index (χ4v) is 3.44. The third kappa shape index (κ3) is 5.65. The van der Waals surface area contributed by atoms with E-state index in [2.05, 4.69) is 17.1 Å². The first-order valence-corrected chi connectivity index (χ1v) is 9.26. The molecule has 6 heteroatoms. The van der Waals surface area contributed by atoms with Gasteiger partial charge < -0.3 is 10.2 Å². The molecule has 1 aliphatic heterocycles. The lowest BCUT2D eigenvalue weighted by Crippen LogP contribution is -2.39. The molecule has 1 fully saturated rings. The molecule has 2 rings (SSSR count). The summed E-state index contributed by atoms with van der Waals surface area (Å²) >= 11 is 0. The Kier molecular flexibility index (Phi) is 5.61. The van der Waals surface area contributed by atoms with Gasteiger partial charge in [0.1, 0.15) is 0 Å². The number of piperidine rings is 1. The van der Waals surface area contributed by atoms with Gasteiger partial charge in [-0.25, -0.2) is 13.6 Å². The highest BCUT2D eigenvalue weighted by Gasteiger charge is 2.18. The Morgan fingerprint density at radius 3 is 2.38 bits per heavy atom. The molecule has 1 aromatic rings. The highest BCUT2D eigenvalue weighted by molar-refractivity contribution is 7.88. The molecule has 0 aromatic heterocycles. The standard InChI is InChI=1S/C15H25N3O2S/c1-2-9-18-10-7-15(8-11-18)17-14-5-3-13(4-6-14)12-21(16,19)20/h3-6,15,17H,2,7-12H2,1H3,(H2,16,19,20). The van der Waals surface area contributed by atoms with E-state index in [0.29, 0.717) is 6.04 Å². The Balaban J connectivity index is 1.84. The van der Waals surface area contributed by atoms with Crippen LogP contribution in [0.1, 0.15) is 31.7 Å². The number of nitrogens with one attached hydrogen (secondary N) is 1. The van der Waals surface area contributed by atoms with Crippen LogP contribution in [0.3, 0.4) is 0 Å². The summed E-state index contributed by atoms with van der Waals surface area (Å²) in [5.74, 6) is -0.108. The third-order valence-electron chi connectivity index (χ3n) is 3.82. The second kappa shape index (κ2) is 7.24. The van der Waals surface area contributed by atoms with Crippen molar-refractivity contribution >= 4 is 15.7 Å². The molecule has 3 N–H and O–H groups in total. The number of nitrogens with two attached hydrogens (primary N) is 1. The van der Waals surface area contributed by atoms with Gasteiger partial charge in [0.05, 0.1) is 5.75 Å². The molecule has 0 saturated carbocycles. The predicted molar refractivity (Wildman–Crippen MR) is 86.6 cm³/mol. The summed E-state index contributed by atoms with van der Waals surface area (Å²) in [6.45, 7) is 5.70. The lowest BCUT2D eigenvalue weighted by atomic mass is 10.0. The maximum Gasteiger partial charge on any atom is 0.213 e. The third-order valence-corrected chi connectivity index (χ3v) is 4.56. The van der Waals surface area contributed by atoms with Gasteiger partial charge in [0.15, 0.2) is 0 Å². The van der Waals surface area contributed by atoms with Gasteiger partial charge in [0.25, 0.3) is 0 Å². The minimum atomic E-state index is -3.45. The Morgan fingerprint density at radius 1 is 1.24 bits per heavy atom. The largest absolute Gasteiger partial charge is 0.382 e. The van der Waals surface area contributed by atoms with Crippen LogP contribution >= 0.6 is 0 Å². The van der Waals surface area contributed by atoms with Crippen molar-refractivity contribution in [3.63, 3.8) is 0 Å². The summed E-state index contributed by atoms with van der Waals surface area (Å²) < 4.78 is 22.1. The molecular formula is C15H25N3O2S. The molecule has 1 aromatic carbocycles. The first-order chi connectivity index (χ1) is 9.96. The van der Waals surface area contributed by atoms with E-state index in [4.69, 9.17) is 5.14 Å². The number of anilines is 1. The van der Waals surface area contributed by atoms with E-state index in [1.54, 1.807) is 0 Å². The number of nitrogens with zero attached hydrogens (tertiary/aromatic N) is 1. The molecule has 0 amide bonds. The van der Waals surface area contributed by atoms with E-state index in [9.17, 15) is 8.42 Å². The zero-order valence-corrected chi connectivity index (χ0v) is 13.4. The Labute approximate surface area is 127 Å². The first-order valence-electron chi connectivity index (χ1n) is 7.54. The molecule has 0 unspecified atom stereocenters. The van der Waals surface area contributed by atoms with E-state index in [0.717, 1.165) is 37.2 Å². The van der Waals surface area contributed by atoms with E-state index in [-0.39, 0.29) is 5.75 Å². The average Bonchev–Trinajstić information content (AvgIpc) is 2.42. The second-order valence-corrected chi connectivity index (χ2v) is 7.38. The summed E-state index contributed by atoms with van der Waals surface area (Å²) in [5, 5.41) is 8.57. The number of primary sulfonamides is 1. The van der Waals surface area contributed by atoms with Gasteiger partial charge in [0, 0.05) is 24.8 Å². The molecule has 0 bridgehead atoms. The van der Waals surface area contributed by atoms with Crippen LogP contribution in [-0.4, -0.2) is 39.0 Å². The zero-order chi connectivity index (χ0) is 15.3. The van der Waals surface area contributed by atoms with E-state index >= 15 is 0 Å². The first kappa shape index (κ1) is 16.3. The minimum absolute atomic E-state index is 0.108. The topological polar surface area (TPSA) is 75.4 Å². The van der Waals surface area contributed by atoms with E-state index < -0.39 is 10.0 Å². The minimum Gasteiger partial charge on any atom is -0.382 e. The number of benzene rings is 1. The molecule has 0 atom stereocenters. The van der Waals surface area contributed by atoms with Gasteiger partial charge in [-0.15, -0.1) is 0 Å². The van der Waals surface area contributed by atoms with Crippen LogP contribution in [0.15, 0.2) is 24.3 Å². The summed E-state index contributed by atoms with van der Waals surface area (Å²) in [6.07, 6.45) is 3.52. The second-order valence-electron chi connectivity index (χ2n) is 5.76. The maximum atomic E-state index is 11.0. The SMILES string of the molecule is CCCN1CCC(Nc2ccc(CS(N)(=O)=O)cc2)CC1. The van der Waals surface area contributed by atoms with Crippen molar-refractivity contribution in [2.24, 2.45) is 5.14 Å². The zero-order valence-electron chi connectivity index (χ0n) is 12.6. The highest BCUT2D eigenvalue weighted by atomic mass is 32.2. The maximum absolute atomic E-state index is 11.0. The monoisotopic (exact) mass is 311 g/mol. The van der Waals surface area contributed by atoms with Crippen molar-refractivity contribution in [2.75, 3.05) is 25.0 Å². The van der Waals surface area contributed by atoms with Crippen molar-refractivity contribution in [1.82, 2.24) is 4.90 Å². The van der Waals surface area contributed by atoms with Crippen molar-refractivity contribution in [2.45, 2.75) is 38.0 Å². The van der Waals surface area contributed by atoms with Crippen LogP contribution in [0.25, 0.3) is 0 Å². The Morgan fingerprint density at radius 2 is 1.86 bits per heavy atom. The summed E-state index contributed by atoms with van der Waals surface area (Å²) in [5.41, 5.74) is 1.77. The van der Waals surface area contributed by atoms with Gasteiger partial charge in [0.2, 0.25) is 10.0 Å². The van der Waals surface area contributed by atoms with Gasteiger partial charge in [-0.3, -0.25) is 0 Å². The fourth-order valence-electron chi connectivity index (χ4n) is 2.78. The summed E-state index contributed by atoms with van der Waals surface area (Å²) in [7, 11) is -3.45. The summed E-state index contributed by atoms with van der Waals surface area (Å²) in [6, 6.07) is 8.00. The lowest BCUT2D eigenvalue weighted by molar-refractivity contribution is 0.219. The number of likely N-dealkylation sites (tertiary alicyclic amines) is 1. The molecule has 0 radical (unpaired) electrons. The molecule has 118 valence electrons. The Hall–Kier alpha value is -1.11. The van der Waals surface area contributed by atoms with Crippen LogP contribution in [0.2, 0.25) is 0 Å². The molecule has 1 heterocycles. The normalized spacial score (nSPS) is 17.8. The molecular weight excluding hydrogens is 286 g/mol. The smallest absolute Gasteiger partial charge is 0.213 e. The van der Waals surface area contributed by atoms with Crippen molar-refractivity contribution in [3.8, 4) is 0 Å². The molecule has 0 aliphatic carbocycles. The predicted octanol–water partition coefficient (Wildman–Crippen LogP) is 1.76. The average molecular weight is 311 g/mol. The Bertz CT molecular complexity index is 535. The number of hydrogen-bond acceptors (Lipinski definition) is 4. The number of sulfonamides is 1. The molecule has 1 aliphatic rings. The van der Waals surface area contributed by atoms with Crippen LogP contribution in [-0.2, 0) is 15.8 Å². The van der Waals surface area contributed by atoms with Gasteiger partial charge in [-0.05, 0) is 43.5 Å². The quantitative estimate of drug-likeness (QED) is 0.839. The van der Waals surface area contributed by atoms with Crippen LogP contribution in [0.5, 0.6) is 0 Å².